The lowest BCUT2D eigenvalue weighted by Crippen LogP contribution is -2.27. The molecule has 1 aromatic carbocycles. The first kappa shape index (κ1) is 9.78. The van der Waals surface area contributed by atoms with Crippen LogP contribution >= 0.6 is 0 Å². The maximum absolute atomic E-state index is 13.2. The highest BCUT2D eigenvalue weighted by Crippen LogP contribution is 2.31. The predicted octanol–water partition coefficient (Wildman–Crippen LogP) is 2.23. The maximum Gasteiger partial charge on any atom is 0.125 e. The zero-order valence-corrected chi connectivity index (χ0v) is 8.94. The van der Waals surface area contributed by atoms with Crippen LogP contribution in [0, 0.1) is 5.82 Å². The van der Waals surface area contributed by atoms with Gasteiger partial charge in [0.05, 0.1) is 17.8 Å². The third-order valence-corrected chi connectivity index (χ3v) is 3.41. The molecular weight excluding hydrogens is 205 g/mol. The Hall–Kier alpha value is -1.42. The molecule has 0 unspecified atom stereocenters. The summed E-state index contributed by atoms with van der Waals surface area (Å²) in [5.74, 6) is -0.221. The Labute approximate surface area is 93.0 Å². The number of halogens is 1. The molecule has 2 atom stereocenters. The number of nitrogens with zero attached hydrogens (tertiary/aromatic N) is 2. The van der Waals surface area contributed by atoms with Crippen molar-refractivity contribution in [2.24, 2.45) is 5.73 Å². The van der Waals surface area contributed by atoms with E-state index in [9.17, 15) is 4.39 Å². The Bertz CT molecular complexity index is 520. The maximum atomic E-state index is 13.2. The van der Waals surface area contributed by atoms with Gasteiger partial charge in [-0.05, 0) is 37.5 Å². The van der Waals surface area contributed by atoms with E-state index in [2.05, 4.69) is 5.10 Å². The van der Waals surface area contributed by atoms with E-state index in [1.165, 1.54) is 12.1 Å². The number of nitrogens with two attached hydrogens (primary N) is 1. The van der Waals surface area contributed by atoms with Gasteiger partial charge in [-0.2, -0.15) is 5.10 Å². The summed E-state index contributed by atoms with van der Waals surface area (Å²) in [5, 5.41) is 5.31. The molecule has 0 bridgehead atoms. The lowest BCUT2D eigenvalue weighted by Gasteiger charge is -2.16. The summed E-state index contributed by atoms with van der Waals surface area (Å²) in [7, 11) is 0. The van der Waals surface area contributed by atoms with E-state index in [0.29, 0.717) is 0 Å². The van der Waals surface area contributed by atoms with E-state index >= 15 is 0 Å². The van der Waals surface area contributed by atoms with Crippen LogP contribution in [0.15, 0.2) is 24.4 Å². The molecule has 0 saturated heterocycles. The van der Waals surface area contributed by atoms with Crippen molar-refractivity contribution >= 4 is 10.9 Å². The fraction of sp³-hybridized carbons (Fsp3) is 0.417. The zero-order chi connectivity index (χ0) is 11.1. The molecule has 0 amide bonds. The van der Waals surface area contributed by atoms with Crippen LogP contribution in [0.1, 0.15) is 25.3 Å². The van der Waals surface area contributed by atoms with Crippen LogP contribution < -0.4 is 5.73 Å². The van der Waals surface area contributed by atoms with Gasteiger partial charge >= 0.3 is 0 Å². The Balaban J connectivity index is 2.12. The molecule has 1 aliphatic carbocycles. The van der Waals surface area contributed by atoms with Crippen molar-refractivity contribution in [3.8, 4) is 0 Å². The van der Waals surface area contributed by atoms with Crippen molar-refractivity contribution in [1.29, 1.82) is 0 Å². The Morgan fingerprint density at radius 2 is 2.25 bits per heavy atom. The van der Waals surface area contributed by atoms with Gasteiger partial charge in [0.2, 0.25) is 0 Å². The minimum absolute atomic E-state index is 0.145. The molecule has 3 nitrogen and oxygen atoms in total. The van der Waals surface area contributed by atoms with Gasteiger partial charge in [0.1, 0.15) is 5.82 Å². The molecule has 0 aliphatic heterocycles. The molecule has 1 aromatic heterocycles. The first-order valence-corrected chi connectivity index (χ1v) is 5.64. The van der Waals surface area contributed by atoms with Gasteiger partial charge in [0.25, 0.3) is 0 Å². The molecule has 16 heavy (non-hydrogen) atoms. The Kier molecular flexibility index (Phi) is 2.17. The first-order valence-electron chi connectivity index (χ1n) is 5.64. The first-order chi connectivity index (χ1) is 7.75. The fourth-order valence-corrected chi connectivity index (χ4v) is 2.55. The summed E-state index contributed by atoms with van der Waals surface area (Å²) < 4.78 is 15.1. The SMILES string of the molecule is N[C@@H]1CCC[C@H]1n1ncc2ccc(F)cc21. The number of rotatable bonds is 1. The predicted molar refractivity (Wildman–Crippen MR) is 60.6 cm³/mol. The highest BCUT2D eigenvalue weighted by molar-refractivity contribution is 5.78. The van der Waals surface area contributed by atoms with Crippen LogP contribution in [0.25, 0.3) is 10.9 Å². The van der Waals surface area contributed by atoms with Gasteiger partial charge in [-0.3, -0.25) is 4.68 Å². The second kappa shape index (κ2) is 3.56. The summed E-state index contributed by atoms with van der Waals surface area (Å²) in [4.78, 5) is 0. The van der Waals surface area contributed by atoms with Crippen LogP contribution in [-0.4, -0.2) is 15.8 Å². The van der Waals surface area contributed by atoms with Crippen molar-refractivity contribution in [3.63, 3.8) is 0 Å². The molecule has 2 N–H and O–H groups in total. The molecule has 3 rings (SSSR count). The number of hydrogen-bond donors (Lipinski definition) is 1. The molecule has 84 valence electrons. The van der Waals surface area contributed by atoms with E-state index in [-0.39, 0.29) is 17.9 Å². The number of benzene rings is 1. The van der Waals surface area contributed by atoms with E-state index < -0.39 is 0 Å². The quantitative estimate of drug-likeness (QED) is 0.799. The third-order valence-electron chi connectivity index (χ3n) is 3.41. The normalized spacial score (nSPS) is 25.4. The zero-order valence-electron chi connectivity index (χ0n) is 8.94. The summed E-state index contributed by atoms with van der Waals surface area (Å²) >= 11 is 0. The van der Waals surface area contributed by atoms with Gasteiger partial charge in [-0.25, -0.2) is 4.39 Å². The van der Waals surface area contributed by atoms with Gasteiger partial charge in [-0.1, -0.05) is 0 Å². The van der Waals surface area contributed by atoms with Gasteiger partial charge < -0.3 is 5.73 Å². The molecule has 1 fully saturated rings. The van der Waals surface area contributed by atoms with Crippen LogP contribution in [0.4, 0.5) is 4.39 Å². The van der Waals surface area contributed by atoms with Gasteiger partial charge in [0, 0.05) is 11.4 Å². The van der Waals surface area contributed by atoms with Crippen molar-refractivity contribution in [2.45, 2.75) is 31.3 Å². The van der Waals surface area contributed by atoms with Crippen molar-refractivity contribution in [3.05, 3.63) is 30.2 Å². The molecule has 0 radical (unpaired) electrons. The highest BCUT2D eigenvalue weighted by atomic mass is 19.1. The van der Waals surface area contributed by atoms with E-state index in [1.54, 1.807) is 12.3 Å². The van der Waals surface area contributed by atoms with Crippen molar-refractivity contribution in [1.82, 2.24) is 9.78 Å². The largest absolute Gasteiger partial charge is 0.326 e. The molecule has 1 saturated carbocycles. The Morgan fingerprint density at radius 3 is 3.00 bits per heavy atom. The molecule has 4 heteroatoms. The summed E-state index contributed by atoms with van der Waals surface area (Å²) in [6.45, 7) is 0. The summed E-state index contributed by atoms with van der Waals surface area (Å²) in [6, 6.07) is 5.12. The average Bonchev–Trinajstić information content (AvgIpc) is 2.83. The smallest absolute Gasteiger partial charge is 0.125 e. The van der Waals surface area contributed by atoms with Crippen LogP contribution in [0.2, 0.25) is 0 Å². The summed E-state index contributed by atoms with van der Waals surface area (Å²) in [6.07, 6.45) is 4.97. The number of aromatic nitrogens is 2. The van der Waals surface area contributed by atoms with Crippen molar-refractivity contribution in [2.75, 3.05) is 0 Å². The number of fused-ring (bicyclic) bond motifs is 1. The minimum Gasteiger partial charge on any atom is -0.326 e. The lowest BCUT2D eigenvalue weighted by atomic mass is 10.2. The monoisotopic (exact) mass is 219 g/mol. The molecule has 2 aromatic rings. The van der Waals surface area contributed by atoms with Gasteiger partial charge in [0.15, 0.2) is 0 Å². The van der Waals surface area contributed by atoms with E-state index in [4.69, 9.17) is 5.73 Å². The molecule has 1 aliphatic rings. The van der Waals surface area contributed by atoms with E-state index in [1.807, 2.05) is 4.68 Å². The summed E-state index contributed by atoms with van der Waals surface area (Å²) in [5.41, 5.74) is 6.89. The average molecular weight is 219 g/mol. The van der Waals surface area contributed by atoms with Crippen molar-refractivity contribution < 1.29 is 4.39 Å². The lowest BCUT2D eigenvalue weighted by molar-refractivity contribution is 0.433. The minimum atomic E-state index is -0.221. The fourth-order valence-electron chi connectivity index (χ4n) is 2.55. The van der Waals surface area contributed by atoms with Crippen LogP contribution in [0.5, 0.6) is 0 Å². The highest BCUT2D eigenvalue weighted by Gasteiger charge is 2.27. The second-order valence-electron chi connectivity index (χ2n) is 4.45. The Morgan fingerprint density at radius 1 is 1.38 bits per heavy atom. The third kappa shape index (κ3) is 1.41. The van der Waals surface area contributed by atoms with Crippen LogP contribution in [-0.2, 0) is 0 Å². The second-order valence-corrected chi connectivity index (χ2v) is 4.45. The van der Waals surface area contributed by atoms with Crippen LogP contribution in [0.3, 0.4) is 0 Å². The topological polar surface area (TPSA) is 43.8 Å². The van der Waals surface area contributed by atoms with E-state index in [0.717, 1.165) is 30.2 Å². The molecule has 1 heterocycles. The number of hydrogen-bond acceptors (Lipinski definition) is 2. The molecular formula is C12H14FN3. The standard InChI is InChI=1S/C12H14FN3/c13-9-5-4-8-7-15-16(12(8)6-9)11-3-1-2-10(11)14/h4-7,10-11H,1-3,14H2/t10-,11-/m1/s1. The molecule has 0 spiro atoms. The van der Waals surface area contributed by atoms with Gasteiger partial charge in [-0.15, -0.1) is 0 Å².